The van der Waals surface area contributed by atoms with Gasteiger partial charge in [-0.2, -0.15) is 0 Å². The summed E-state index contributed by atoms with van der Waals surface area (Å²) in [6.45, 7) is 0. The monoisotopic (exact) mass is 439 g/mol. The van der Waals surface area contributed by atoms with Crippen molar-refractivity contribution in [1.82, 2.24) is 0 Å². The first kappa shape index (κ1) is 19.9. The van der Waals surface area contributed by atoms with E-state index in [9.17, 15) is 4.79 Å². The number of carbonyl (C=O) groups excluding carboxylic acids is 1. The number of benzene rings is 3. The Morgan fingerprint density at radius 2 is 1.50 bits per heavy atom. The number of carbonyl (C=O) groups is 1. The number of hydrogen-bond donors (Lipinski definition) is 0. The lowest BCUT2D eigenvalue weighted by molar-refractivity contribution is -0.136. The number of allylic oxidation sites excluding steroid dienone is 4. The van der Waals surface area contributed by atoms with Crippen molar-refractivity contribution in [3.8, 4) is 5.75 Å². The van der Waals surface area contributed by atoms with E-state index in [4.69, 9.17) is 4.74 Å². The van der Waals surface area contributed by atoms with Crippen LogP contribution in [0.15, 0.2) is 89.9 Å². The third-order valence-corrected chi connectivity index (χ3v) is 9.69. The number of rotatable bonds is 3. The van der Waals surface area contributed by atoms with Gasteiger partial charge in [-0.15, -0.1) is 0 Å². The lowest BCUT2D eigenvalue weighted by atomic mass is 9.84. The second-order valence-electron chi connectivity index (χ2n) is 8.97. The molecule has 3 unspecified atom stereocenters. The van der Waals surface area contributed by atoms with Gasteiger partial charge in [0.2, 0.25) is 0 Å². The van der Waals surface area contributed by atoms with Gasteiger partial charge in [-0.25, -0.2) is 0 Å². The Morgan fingerprint density at radius 1 is 0.781 bits per heavy atom. The maximum Gasteiger partial charge on any atom is 0.319 e. The second-order valence-corrected chi connectivity index (χ2v) is 11.2. The summed E-state index contributed by atoms with van der Waals surface area (Å²) in [5.41, 5.74) is 2.35. The quantitative estimate of drug-likeness (QED) is 0.263. The first-order valence-electron chi connectivity index (χ1n) is 11.7. The lowest BCUT2D eigenvalue weighted by Crippen LogP contribution is -2.24. The standard InChI is InChI=1S/C29H27O2S/c30-29(28-24-14-6-2-10-20(24)21-11-3-7-15-25(21)28)31-26-16-17-27(32-18-8-1-9-19-32)23-13-5-4-12-22(23)26/h2-7,10-17,20,24,28H,1,8-9,18-19H2/q+1. The smallest absolute Gasteiger partial charge is 0.319 e. The van der Waals surface area contributed by atoms with E-state index in [1.807, 2.05) is 18.2 Å². The summed E-state index contributed by atoms with van der Waals surface area (Å²) in [5, 5.41) is 2.30. The summed E-state index contributed by atoms with van der Waals surface area (Å²) in [5.74, 6) is 3.21. The van der Waals surface area contributed by atoms with Crippen molar-refractivity contribution in [2.24, 2.45) is 5.92 Å². The van der Waals surface area contributed by atoms with Crippen molar-refractivity contribution >= 4 is 27.6 Å². The zero-order valence-electron chi connectivity index (χ0n) is 18.1. The van der Waals surface area contributed by atoms with Crippen LogP contribution in [0.4, 0.5) is 0 Å². The molecule has 2 aliphatic carbocycles. The predicted octanol–water partition coefficient (Wildman–Crippen LogP) is 6.53. The van der Waals surface area contributed by atoms with Gasteiger partial charge in [0.15, 0.2) is 4.90 Å². The molecular formula is C29H27O2S+. The maximum atomic E-state index is 13.6. The third kappa shape index (κ3) is 3.31. The molecule has 2 nitrogen and oxygen atoms in total. The summed E-state index contributed by atoms with van der Waals surface area (Å²) >= 11 is 0. The van der Waals surface area contributed by atoms with Gasteiger partial charge in [0.1, 0.15) is 17.3 Å². The van der Waals surface area contributed by atoms with E-state index in [-0.39, 0.29) is 23.7 Å². The van der Waals surface area contributed by atoms with Crippen LogP contribution in [0, 0.1) is 5.92 Å². The topological polar surface area (TPSA) is 26.3 Å². The molecule has 160 valence electrons. The maximum absolute atomic E-state index is 13.6. The van der Waals surface area contributed by atoms with Crippen molar-refractivity contribution in [2.45, 2.75) is 36.0 Å². The van der Waals surface area contributed by atoms with E-state index < -0.39 is 0 Å². The van der Waals surface area contributed by atoms with E-state index in [1.165, 1.54) is 46.6 Å². The SMILES string of the molecule is O=C(Oc1ccc([S+]2CCCCC2)c2ccccc12)C1c2ccccc2C2C=CC=CC21. The molecule has 3 aromatic carbocycles. The minimum atomic E-state index is -0.268. The largest absolute Gasteiger partial charge is 0.425 e. The van der Waals surface area contributed by atoms with Crippen molar-refractivity contribution in [3.63, 3.8) is 0 Å². The Bertz CT molecular complexity index is 1230. The highest BCUT2D eigenvalue weighted by molar-refractivity contribution is 7.97. The third-order valence-electron chi connectivity index (χ3n) is 7.15. The fourth-order valence-corrected chi connectivity index (χ4v) is 8.15. The molecule has 0 aromatic heterocycles. The molecule has 1 aliphatic heterocycles. The molecular weight excluding hydrogens is 412 g/mol. The molecule has 0 saturated carbocycles. The summed E-state index contributed by atoms with van der Waals surface area (Å²) in [7, 11) is 0.302. The van der Waals surface area contributed by atoms with E-state index in [1.54, 1.807) is 0 Å². The molecule has 3 heteroatoms. The highest BCUT2D eigenvalue weighted by Crippen LogP contribution is 2.50. The highest BCUT2D eigenvalue weighted by atomic mass is 32.2. The van der Waals surface area contributed by atoms with Gasteiger partial charge in [0, 0.05) is 33.5 Å². The van der Waals surface area contributed by atoms with Gasteiger partial charge >= 0.3 is 5.97 Å². The molecule has 1 heterocycles. The van der Waals surface area contributed by atoms with Crippen LogP contribution < -0.4 is 4.74 Å². The molecule has 0 amide bonds. The van der Waals surface area contributed by atoms with Crippen LogP contribution >= 0.6 is 0 Å². The fraction of sp³-hybridized carbons (Fsp3) is 0.276. The molecule has 0 bridgehead atoms. The molecule has 0 radical (unpaired) electrons. The van der Waals surface area contributed by atoms with Crippen LogP contribution in [-0.2, 0) is 15.7 Å². The molecule has 1 fully saturated rings. The van der Waals surface area contributed by atoms with Gasteiger partial charge < -0.3 is 4.74 Å². The van der Waals surface area contributed by atoms with Crippen LogP contribution in [0.5, 0.6) is 5.75 Å². The van der Waals surface area contributed by atoms with E-state index in [0.29, 0.717) is 16.6 Å². The van der Waals surface area contributed by atoms with Crippen molar-refractivity contribution < 1.29 is 9.53 Å². The Balaban J connectivity index is 1.35. The second kappa shape index (κ2) is 8.29. The summed E-state index contributed by atoms with van der Waals surface area (Å²) in [6.07, 6.45) is 12.5. The molecule has 0 spiro atoms. The molecule has 0 N–H and O–H groups in total. The first-order chi connectivity index (χ1) is 15.8. The van der Waals surface area contributed by atoms with Crippen LogP contribution in [0.2, 0.25) is 0 Å². The van der Waals surface area contributed by atoms with E-state index in [0.717, 1.165) is 10.9 Å². The zero-order valence-corrected chi connectivity index (χ0v) is 18.9. The highest BCUT2D eigenvalue weighted by Gasteiger charge is 2.43. The Hall–Kier alpha value is -2.78. The van der Waals surface area contributed by atoms with Gasteiger partial charge in [-0.05, 0) is 48.6 Å². The Kier molecular flexibility index (Phi) is 5.15. The number of hydrogen-bond acceptors (Lipinski definition) is 2. The van der Waals surface area contributed by atoms with Crippen LogP contribution in [-0.4, -0.2) is 17.5 Å². The minimum Gasteiger partial charge on any atom is -0.425 e. The molecule has 32 heavy (non-hydrogen) atoms. The van der Waals surface area contributed by atoms with E-state index >= 15 is 0 Å². The van der Waals surface area contributed by atoms with Crippen molar-refractivity contribution in [3.05, 3.63) is 96.1 Å². The van der Waals surface area contributed by atoms with Gasteiger partial charge in [-0.3, -0.25) is 4.79 Å². The van der Waals surface area contributed by atoms with Crippen molar-refractivity contribution in [1.29, 1.82) is 0 Å². The molecule has 1 saturated heterocycles. The lowest BCUT2D eigenvalue weighted by Gasteiger charge is -2.22. The van der Waals surface area contributed by atoms with Gasteiger partial charge in [-0.1, -0.05) is 66.8 Å². The summed E-state index contributed by atoms with van der Waals surface area (Å²) < 4.78 is 6.17. The first-order valence-corrected chi connectivity index (χ1v) is 13.2. The van der Waals surface area contributed by atoms with Crippen LogP contribution in [0.1, 0.15) is 42.2 Å². The molecule has 3 aromatic rings. The summed E-state index contributed by atoms with van der Waals surface area (Å²) in [6, 6.07) is 21.0. The van der Waals surface area contributed by atoms with E-state index in [2.05, 4.69) is 66.8 Å². The minimum absolute atomic E-state index is 0.124. The van der Waals surface area contributed by atoms with Gasteiger partial charge in [0.05, 0.1) is 5.92 Å². The number of fused-ring (bicyclic) bond motifs is 4. The molecule has 3 atom stereocenters. The number of esters is 1. The molecule has 3 aliphatic rings. The average molecular weight is 440 g/mol. The van der Waals surface area contributed by atoms with Crippen molar-refractivity contribution in [2.75, 3.05) is 11.5 Å². The van der Waals surface area contributed by atoms with Gasteiger partial charge in [0.25, 0.3) is 0 Å². The van der Waals surface area contributed by atoms with Crippen LogP contribution in [0.25, 0.3) is 10.8 Å². The summed E-state index contributed by atoms with van der Waals surface area (Å²) in [4.78, 5) is 15.0. The normalized spacial score (nSPS) is 24.3. The fourth-order valence-electron chi connectivity index (χ4n) is 5.65. The number of ether oxygens (including phenoxy) is 1. The Morgan fingerprint density at radius 3 is 2.34 bits per heavy atom. The predicted molar refractivity (Wildman–Crippen MR) is 132 cm³/mol. The average Bonchev–Trinajstić information content (AvgIpc) is 3.19. The molecule has 6 rings (SSSR count). The Labute approximate surface area is 192 Å². The zero-order chi connectivity index (χ0) is 21.5. The van der Waals surface area contributed by atoms with Crippen LogP contribution in [0.3, 0.4) is 0 Å².